The molecule has 0 spiro atoms. The standard InChI is InChI=1S/C9H16N2OS/c1-3-11(4-2)6-7-12-9-10-5-8-13-9/h5,8H,3-4,6-7H2,1-2H3. The number of hydrogen-bond acceptors (Lipinski definition) is 4. The van der Waals surface area contributed by atoms with Crippen LogP contribution in [0.25, 0.3) is 0 Å². The van der Waals surface area contributed by atoms with Gasteiger partial charge in [0.05, 0.1) is 0 Å². The van der Waals surface area contributed by atoms with Crippen LogP contribution in [0.2, 0.25) is 0 Å². The Labute approximate surface area is 83.4 Å². The Bertz CT molecular complexity index is 209. The fraction of sp³-hybridized carbons (Fsp3) is 0.667. The molecule has 0 radical (unpaired) electrons. The molecule has 13 heavy (non-hydrogen) atoms. The van der Waals surface area contributed by atoms with E-state index >= 15 is 0 Å². The molecule has 1 rings (SSSR count). The van der Waals surface area contributed by atoms with E-state index in [0.717, 1.165) is 31.4 Å². The Morgan fingerprint density at radius 2 is 2.23 bits per heavy atom. The summed E-state index contributed by atoms with van der Waals surface area (Å²) in [7, 11) is 0. The molecule has 1 heterocycles. The highest BCUT2D eigenvalue weighted by atomic mass is 32.1. The first-order valence-corrected chi connectivity index (χ1v) is 5.49. The van der Waals surface area contributed by atoms with E-state index in [1.54, 1.807) is 6.20 Å². The molecule has 3 nitrogen and oxygen atoms in total. The van der Waals surface area contributed by atoms with Crippen molar-refractivity contribution in [2.24, 2.45) is 0 Å². The van der Waals surface area contributed by atoms with Gasteiger partial charge in [0.15, 0.2) is 0 Å². The number of likely N-dealkylation sites (N-methyl/N-ethyl adjacent to an activating group) is 1. The first-order chi connectivity index (χ1) is 6.36. The van der Waals surface area contributed by atoms with Gasteiger partial charge in [0.2, 0.25) is 0 Å². The van der Waals surface area contributed by atoms with Gasteiger partial charge in [-0.3, -0.25) is 0 Å². The molecule has 0 amide bonds. The lowest BCUT2D eigenvalue weighted by atomic mass is 10.5. The molecule has 0 unspecified atom stereocenters. The fourth-order valence-electron chi connectivity index (χ4n) is 1.08. The van der Waals surface area contributed by atoms with Gasteiger partial charge in [-0.2, -0.15) is 0 Å². The molecule has 1 aromatic rings. The highest BCUT2D eigenvalue weighted by Crippen LogP contribution is 2.12. The van der Waals surface area contributed by atoms with Crippen LogP contribution in [0, 0.1) is 0 Å². The van der Waals surface area contributed by atoms with Crippen molar-refractivity contribution in [2.75, 3.05) is 26.2 Å². The predicted octanol–water partition coefficient (Wildman–Crippen LogP) is 1.86. The summed E-state index contributed by atoms with van der Waals surface area (Å²) < 4.78 is 5.45. The van der Waals surface area contributed by atoms with Gasteiger partial charge in [-0.15, -0.1) is 0 Å². The van der Waals surface area contributed by atoms with Crippen molar-refractivity contribution in [1.29, 1.82) is 0 Å². The number of nitrogens with zero attached hydrogens (tertiary/aromatic N) is 2. The number of hydrogen-bond donors (Lipinski definition) is 0. The summed E-state index contributed by atoms with van der Waals surface area (Å²) in [5, 5.41) is 2.69. The van der Waals surface area contributed by atoms with Crippen molar-refractivity contribution in [1.82, 2.24) is 9.88 Å². The molecule has 0 fully saturated rings. The van der Waals surface area contributed by atoms with Crippen LogP contribution in [0.4, 0.5) is 0 Å². The van der Waals surface area contributed by atoms with Crippen LogP contribution in [0.3, 0.4) is 0 Å². The summed E-state index contributed by atoms with van der Waals surface area (Å²) in [5.74, 6) is 0. The van der Waals surface area contributed by atoms with Crippen LogP contribution in [0.15, 0.2) is 11.6 Å². The average molecular weight is 200 g/mol. The van der Waals surface area contributed by atoms with Gasteiger partial charge in [-0.1, -0.05) is 25.2 Å². The third kappa shape index (κ3) is 3.74. The minimum absolute atomic E-state index is 0.731. The highest BCUT2D eigenvalue weighted by Gasteiger charge is 1.99. The second-order valence-corrected chi connectivity index (χ2v) is 3.53. The lowest BCUT2D eigenvalue weighted by Crippen LogP contribution is -2.27. The number of ether oxygens (including phenoxy) is 1. The quantitative estimate of drug-likeness (QED) is 0.701. The highest BCUT2D eigenvalue weighted by molar-refractivity contribution is 7.11. The molecule has 1 aromatic heterocycles. The van der Waals surface area contributed by atoms with E-state index in [1.807, 2.05) is 5.38 Å². The second-order valence-electron chi connectivity index (χ2n) is 2.67. The van der Waals surface area contributed by atoms with Crippen molar-refractivity contribution in [3.05, 3.63) is 11.6 Å². The minimum atomic E-state index is 0.731. The van der Waals surface area contributed by atoms with Crippen molar-refractivity contribution >= 4 is 11.3 Å². The van der Waals surface area contributed by atoms with Crippen LogP contribution in [-0.4, -0.2) is 36.1 Å². The third-order valence-corrected chi connectivity index (χ3v) is 2.62. The molecule has 0 aliphatic heterocycles. The van der Waals surface area contributed by atoms with E-state index < -0.39 is 0 Å². The Balaban J connectivity index is 2.13. The Morgan fingerprint density at radius 3 is 2.77 bits per heavy atom. The molecule has 0 aromatic carbocycles. The van der Waals surface area contributed by atoms with Gasteiger partial charge < -0.3 is 9.64 Å². The van der Waals surface area contributed by atoms with Crippen molar-refractivity contribution in [3.8, 4) is 5.19 Å². The van der Waals surface area contributed by atoms with Gasteiger partial charge in [0.1, 0.15) is 6.61 Å². The molecular formula is C9H16N2OS. The van der Waals surface area contributed by atoms with E-state index in [2.05, 4.69) is 23.7 Å². The van der Waals surface area contributed by atoms with Crippen molar-refractivity contribution < 1.29 is 4.74 Å². The largest absolute Gasteiger partial charge is 0.469 e. The summed E-state index contributed by atoms with van der Waals surface area (Å²) in [6.45, 7) is 8.19. The lowest BCUT2D eigenvalue weighted by molar-refractivity contribution is 0.222. The monoisotopic (exact) mass is 200 g/mol. The van der Waals surface area contributed by atoms with Gasteiger partial charge in [0.25, 0.3) is 5.19 Å². The molecule has 0 aliphatic rings. The van der Waals surface area contributed by atoms with Gasteiger partial charge in [-0.25, -0.2) is 4.98 Å². The summed E-state index contributed by atoms with van der Waals surface area (Å²) in [6, 6.07) is 0. The molecule has 74 valence electrons. The number of thiazole rings is 1. The average Bonchev–Trinajstić information content (AvgIpc) is 2.65. The second kappa shape index (κ2) is 5.94. The van der Waals surface area contributed by atoms with Crippen molar-refractivity contribution in [2.45, 2.75) is 13.8 Å². The van der Waals surface area contributed by atoms with Gasteiger partial charge >= 0.3 is 0 Å². The predicted molar refractivity (Wildman–Crippen MR) is 55.4 cm³/mol. The summed E-state index contributed by atoms with van der Waals surface area (Å²) in [5.41, 5.74) is 0. The Kier molecular flexibility index (Phi) is 4.78. The first kappa shape index (κ1) is 10.5. The third-order valence-electron chi connectivity index (χ3n) is 1.94. The van der Waals surface area contributed by atoms with E-state index in [0.29, 0.717) is 0 Å². The minimum Gasteiger partial charge on any atom is -0.469 e. The molecule has 0 saturated heterocycles. The summed E-state index contributed by atoms with van der Waals surface area (Å²) in [4.78, 5) is 6.37. The summed E-state index contributed by atoms with van der Waals surface area (Å²) in [6.07, 6.45) is 1.76. The molecular weight excluding hydrogens is 184 g/mol. The van der Waals surface area contributed by atoms with E-state index in [-0.39, 0.29) is 0 Å². The van der Waals surface area contributed by atoms with E-state index in [1.165, 1.54) is 11.3 Å². The smallest absolute Gasteiger partial charge is 0.273 e. The van der Waals surface area contributed by atoms with Crippen LogP contribution in [0.5, 0.6) is 5.19 Å². The van der Waals surface area contributed by atoms with E-state index in [9.17, 15) is 0 Å². The molecule has 0 N–H and O–H groups in total. The van der Waals surface area contributed by atoms with Crippen LogP contribution >= 0.6 is 11.3 Å². The maximum atomic E-state index is 5.45. The van der Waals surface area contributed by atoms with Crippen LogP contribution in [-0.2, 0) is 0 Å². The molecule has 0 saturated carbocycles. The molecule has 0 atom stereocenters. The maximum absolute atomic E-state index is 5.45. The molecule has 0 aliphatic carbocycles. The Hall–Kier alpha value is -0.610. The van der Waals surface area contributed by atoms with E-state index in [4.69, 9.17) is 4.74 Å². The van der Waals surface area contributed by atoms with Crippen LogP contribution in [0.1, 0.15) is 13.8 Å². The van der Waals surface area contributed by atoms with Gasteiger partial charge in [0, 0.05) is 18.1 Å². The lowest BCUT2D eigenvalue weighted by Gasteiger charge is -2.17. The van der Waals surface area contributed by atoms with Gasteiger partial charge in [-0.05, 0) is 13.1 Å². The topological polar surface area (TPSA) is 25.4 Å². The fourth-order valence-corrected chi connectivity index (χ4v) is 1.59. The zero-order chi connectivity index (χ0) is 9.52. The SMILES string of the molecule is CCN(CC)CCOc1nccs1. The first-order valence-electron chi connectivity index (χ1n) is 4.61. The maximum Gasteiger partial charge on any atom is 0.273 e. The number of rotatable bonds is 6. The van der Waals surface area contributed by atoms with Crippen molar-refractivity contribution in [3.63, 3.8) is 0 Å². The zero-order valence-electron chi connectivity index (χ0n) is 8.19. The summed E-state index contributed by atoms with van der Waals surface area (Å²) >= 11 is 1.54. The van der Waals surface area contributed by atoms with Crippen LogP contribution < -0.4 is 4.74 Å². The normalized spacial score (nSPS) is 10.7. The molecule has 4 heteroatoms. The molecule has 0 bridgehead atoms. The zero-order valence-corrected chi connectivity index (χ0v) is 9.01. The number of aromatic nitrogens is 1. The Morgan fingerprint density at radius 1 is 1.46 bits per heavy atom.